The smallest absolute Gasteiger partial charge is 0.0555 e. The Balaban J connectivity index is 0. The Morgan fingerprint density at radius 1 is 1.57 bits per heavy atom. The molecule has 0 amide bonds. The summed E-state index contributed by atoms with van der Waals surface area (Å²) in [5, 5.41) is 8.26. The van der Waals surface area contributed by atoms with Crippen molar-refractivity contribution in [2.75, 3.05) is 12.4 Å². The van der Waals surface area contributed by atoms with Crippen molar-refractivity contribution in [2.24, 2.45) is 0 Å². The maximum Gasteiger partial charge on any atom is 0.0555 e. The van der Waals surface area contributed by atoms with Crippen LogP contribution in [-0.2, 0) is 0 Å². The van der Waals surface area contributed by atoms with Gasteiger partial charge in [-0.25, -0.2) is 0 Å². The molecule has 42 valence electrons. The molecule has 0 aromatic heterocycles. The Kier molecular flexibility index (Phi) is 12.3. The van der Waals surface area contributed by atoms with E-state index in [1.807, 2.05) is 0 Å². The molecule has 0 fully saturated rings. The molecule has 7 heavy (non-hydrogen) atoms. The molecule has 4 heteroatoms. The maximum absolute atomic E-state index is 8.21. The van der Waals surface area contributed by atoms with Gasteiger partial charge in [0.2, 0.25) is 0 Å². The van der Waals surface area contributed by atoms with Crippen LogP contribution in [0.25, 0.3) is 0 Å². The van der Waals surface area contributed by atoms with Crippen LogP contribution < -0.4 is 0 Å². The monoisotopic (exact) mass is 332 g/mol. The van der Waals surface area contributed by atoms with Crippen LogP contribution in [0.2, 0.25) is 0 Å². The summed E-state index contributed by atoms with van der Waals surface area (Å²) in [5.74, 6) is 0.639. The van der Waals surface area contributed by atoms with Crippen molar-refractivity contribution in [3.8, 4) is 0 Å². The fraction of sp³-hybridized carbons (Fsp3) is 1.00. The molecular weight excluding hydrogens is 323 g/mol. The summed E-state index contributed by atoms with van der Waals surface area (Å²) in [5.41, 5.74) is 0. The minimum Gasteiger partial charge on any atom is -0.395 e. The van der Waals surface area contributed by atoms with Crippen molar-refractivity contribution >= 4 is 52.6 Å². The van der Waals surface area contributed by atoms with E-state index >= 15 is 0 Å². The molecule has 0 rings (SSSR count). The summed E-state index contributed by atoms with van der Waals surface area (Å²) in [6, 6.07) is 0. The van der Waals surface area contributed by atoms with Crippen LogP contribution in [0.3, 0.4) is 0 Å². The van der Waals surface area contributed by atoms with E-state index in [4.69, 9.17) is 5.11 Å². The van der Waals surface area contributed by atoms with Crippen LogP contribution >= 0.6 is 25.3 Å². The van der Waals surface area contributed by atoms with Gasteiger partial charge in [-0.15, -0.1) is 0 Å². The van der Waals surface area contributed by atoms with Gasteiger partial charge in [-0.1, -0.05) is 0 Å². The quantitative estimate of drug-likeness (QED) is 0.474. The molecule has 0 aliphatic heterocycles. The normalized spacial score (nSPS) is 12.4. The van der Waals surface area contributed by atoms with E-state index < -0.39 is 0 Å². The summed E-state index contributed by atoms with van der Waals surface area (Å²) in [4.78, 5) is 0. The van der Waals surface area contributed by atoms with Crippen molar-refractivity contribution in [3.05, 3.63) is 0 Å². The van der Waals surface area contributed by atoms with Crippen molar-refractivity contribution in [3.63, 3.8) is 0 Å². The van der Waals surface area contributed by atoms with Gasteiger partial charge >= 0.3 is 0 Å². The van der Waals surface area contributed by atoms with Gasteiger partial charge in [0.25, 0.3) is 0 Å². The van der Waals surface area contributed by atoms with Crippen LogP contribution in [0.5, 0.6) is 0 Å². The molecule has 0 saturated carbocycles. The zero-order valence-electron chi connectivity index (χ0n) is 3.83. The largest absolute Gasteiger partial charge is 0.395 e. The third kappa shape index (κ3) is 7.58. The molecule has 1 unspecified atom stereocenters. The first-order chi connectivity index (χ1) is 2.81. The van der Waals surface area contributed by atoms with Crippen LogP contribution in [0.1, 0.15) is 0 Å². The second kappa shape index (κ2) is 7.58. The van der Waals surface area contributed by atoms with Gasteiger partial charge in [0.1, 0.15) is 0 Å². The van der Waals surface area contributed by atoms with Crippen LogP contribution in [-0.4, -0.2) is 50.0 Å². The number of rotatable bonds is 2. The zero-order valence-corrected chi connectivity index (χ0v) is 9.51. The van der Waals surface area contributed by atoms with Gasteiger partial charge in [0.15, 0.2) is 0 Å². The fourth-order valence-corrected chi connectivity index (χ4v) is 0.173. The minimum absolute atomic E-state index is 0. The SMILES string of the molecule is OCC(S)CS.[Pb]. The first-order valence-electron chi connectivity index (χ1n) is 1.71. The average Bonchev–Trinajstić information content (AvgIpc) is 1.65. The molecule has 0 bridgehead atoms. The van der Waals surface area contributed by atoms with E-state index in [9.17, 15) is 0 Å². The van der Waals surface area contributed by atoms with Crippen LogP contribution in [0.4, 0.5) is 0 Å². The van der Waals surface area contributed by atoms with Crippen molar-refractivity contribution in [1.82, 2.24) is 0 Å². The number of hydrogen-bond donors (Lipinski definition) is 3. The molecular formula is C3H8OPbS2. The van der Waals surface area contributed by atoms with Gasteiger partial charge in [0.05, 0.1) is 6.61 Å². The topological polar surface area (TPSA) is 20.2 Å². The Morgan fingerprint density at radius 2 is 2.00 bits per heavy atom. The molecule has 0 aromatic carbocycles. The Bertz CT molecular complexity index is 32.1. The molecule has 0 spiro atoms. The minimum atomic E-state index is 0. The fourth-order valence-electron chi connectivity index (χ4n) is 0.0577. The summed E-state index contributed by atoms with van der Waals surface area (Å²) in [6.07, 6.45) is 0. The number of thiol groups is 2. The van der Waals surface area contributed by atoms with E-state index in [1.165, 1.54) is 0 Å². The average molecular weight is 331 g/mol. The van der Waals surface area contributed by atoms with Crippen LogP contribution in [0, 0.1) is 0 Å². The van der Waals surface area contributed by atoms with Crippen LogP contribution in [0.15, 0.2) is 0 Å². The molecule has 0 aromatic rings. The second-order valence-electron chi connectivity index (χ2n) is 1.02. The van der Waals surface area contributed by atoms with Crippen molar-refractivity contribution in [1.29, 1.82) is 0 Å². The third-order valence-electron chi connectivity index (χ3n) is 0.421. The first kappa shape index (κ1) is 11.4. The Morgan fingerprint density at radius 3 is 2.00 bits per heavy atom. The standard InChI is InChI=1S/C3H8OS2.Pb/c4-1-3(6)2-5;/h3-6H,1-2H2;. The second-order valence-corrected chi connectivity index (χ2v) is 2.11. The van der Waals surface area contributed by atoms with E-state index in [1.54, 1.807) is 0 Å². The molecule has 4 radical (unpaired) electrons. The molecule has 1 atom stereocenters. The van der Waals surface area contributed by atoms with Gasteiger partial charge in [-0.3, -0.25) is 0 Å². The predicted octanol–water partition coefficient (Wildman–Crippen LogP) is -0.174. The van der Waals surface area contributed by atoms with E-state index in [2.05, 4.69) is 25.3 Å². The molecule has 1 N–H and O–H groups in total. The molecule has 0 aliphatic rings. The summed E-state index contributed by atoms with van der Waals surface area (Å²) < 4.78 is 0. The molecule has 0 heterocycles. The number of aliphatic hydroxyl groups excluding tert-OH is 1. The summed E-state index contributed by atoms with van der Waals surface area (Å²) in [7, 11) is 0. The molecule has 0 saturated heterocycles. The third-order valence-corrected chi connectivity index (χ3v) is 1.50. The molecule has 1 nitrogen and oxygen atoms in total. The molecule has 0 aliphatic carbocycles. The van der Waals surface area contributed by atoms with Crippen molar-refractivity contribution < 1.29 is 5.11 Å². The van der Waals surface area contributed by atoms with Gasteiger partial charge in [-0.05, 0) is 0 Å². The van der Waals surface area contributed by atoms with Crippen molar-refractivity contribution in [2.45, 2.75) is 5.25 Å². The van der Waals surface area contributed by atoms with E-state index in [-0.39, 0.29) is 39.2 Å². The maximum atomic E-state index is 8.21. The Labute approximate surface area is 74.9 Å². The number of aliphatic hydroxyl groups is 1. The number of hydrogen-bond acceptors (Lipinski definition) is 3. The summed E-state index contributed by atoms with van der Waals surface area (Å²) in [6.45, 7) is 0.118. The predicted molar refractivity (Wildman–Crippen MR) is 39.5 cm³/mol. The summed E-state index contributed by atoms with van der Waals surface area (Å²) >= 11 is 7.76. The van der Waals surface area contributed by atoms with Gasteiger partial charge in [-0.2, -0.15) is 25.3 Å². The van der Waals surface area contributed by atoms with Gasteiger partial charge < -0.3 is 5.11 Å². The van der Waals surface area contributed by atoms with Gasteiger partial charge in [0, 0.05) is 38.3 Å². The first-order valence-corrected chi connectivity index (χ1v) is 2.86. The Hall–Kier alpha value is 1.58. The zero-order chi connectivity index (χ0) is 4.99. The van der Waals surface area contributed by atoms with E-state index in [0.29, 0.717) is 5.75 Å². The van der Waals surface area contributed by atoms with E-state index in [0.717, 1.165) is 0 Å².